The zero-order valence-corrected chi connectivity index (χ0v) is 11.4. The number of ether oxygens (including phenoxy) is 2. The van der Waals surface area contributed by atoms with Crippen molar-refractivity contribution in [2.75, 3.05) is 19.8 Å². The molecule has 0 atom stereocenters. The number of nitrogens with two attached hydrogens (primary N) is 1. The molecule has 0 amide bonds. The largest absolute Gasteiger partial charge is 0.475 e. The second-order valence-electron chi connectivity index (χ2n) is 4.18. The number of rotatable bonds is 9. The molecule has 1 heterocycles. The van der Waals surface area contributed by atoms with Crippen LogP contribution in [0.5, 0.6) is 5.88 Å². The second kappa shape index (κ2) is 8.89. The minimum atomic E-state index is 0.513. The van der Waals surface area contributed by atoms with Crippen LogP contribution in [0.15, 0.2) is 12.1 Å². The first-order valence-electron chi connectivity index (χ1n) is 6.70. The zero-order valence-electron chi connectivity index (χ0n) is 11.4. The van der Waals surface area contributed by atoms with Crippen LogP contribution in [0.3, 0.4) is 0 Å². The van der Waals surface area contributed by atoms with Gasteiger partial charge >= 0.3 is 0 Å². The van der Waals surface area contributed by atoms with Crippen LogP contribution in [-0.2, 0) is 17.7 Å². The van der Waals surface area contributed by atoms with Gasteiger partial charge in [0.05, 0.1) is 6.61 Å². The average molecular weight is 252 g/mol. The van der Waals surface area contributed by atoms with Gasteiger partial charge in [0, 0.05) is 24.9 Å². The fourth-order valence-corrected chi connectivity index (χ4v) is 1.55. The lowest BCUT2D eigenvalue weighted by Crippen LogP contribution is -2.09. The molecule has 4 nitrogen and oxygen atoms in total. The normalized spacial score (nSPS) is 10.6. The Morgan fingerprint density at radius 1 is 1.17 bits per heavy atom. The fraction of sp³-hybridized carbons (Fsp3) is 0.643. The molecule has 0 aliphatic carbocycles. The van der Waals surface area contributed by atoms with Crippen molar-refractivity contribution in [1.82, 2.24) is 4.98 Å². The van der Waals surface area contributed by atoms with Gasteiger partial charge in [-0.05, 0) is 24.5 Å². The van der Waals surface area contributed by atoms with Gasteiger partial charge in [-0.25, -0.2) is 4.98 Å². The predicted molar refractivity (Wildman–Crippen MR) is 72.7 cm³/mol. The van der Waals surface area contributed by atoms with E-state index in [4.69, 9.17) is 15.2 Å². The molecule has 0 spiro atoms. The molecule has 1 rings (SSSR count). The van der Waals surface area contributed by atoms with Crippen LogP contribution in [0.25, 0.3) is 0 Å². The molecule has 0 saturated heterocycles. The highest BCUT2D eigenvalue weighted by Crippen LogP contribution is 2.13. The Labute approximate surface area is 110 Å². The van der Waals surface area contributed by atoms with E-state index in [1.165, 1.54) is 0 Å². The molecule has 0 aliphatic heterocycles. The van der Waals surface area contributed by atoms with Gasteiger partial charge in [0.25, 0.3) is 0 Å². The number of nitrogens with zero attached hydrogens (tertiary/aromatic N) is 1. The van der Waals surface area contributed by atoms with E-state index >= 15 is 0 Å². The lowest BCUT2D eigenvalue weighted by Gasteiger charge is -2.09. The molecule has 1 aromatic rings. The first kappa shape index (κ1) is 14.9. The van der Waals surface area contributed by atoms with Crippen molar-refractivity contribution >= 4 is 0 Å². The third-order valence-corrected chi connectivity index (χ3v) is 2.63. The minimum Gasteiger partial charge on any atom is -0.475 e. The van der Waals surface area contributed by atoms with Gasteiger partial charge in [-0.2, -0.15) is 0 Å². The van der Waals surface area contributed by atoms with Gasteiger partial charge in [0.15, 0.2) is 0 Å². The Kier molecular flexibility index (Phi) is 7.37. The maximum Gasteiger partial charge on any atom is 0.213 e. The zero-order chi connectivity index (χ0) is 13.2. The van der Waals surface area contributed by atoms with Crippen LogP contribution in [0.1, 0.15) is 37.9 Å². The van der Waals surface area contributed by atoms with Crippen LogP contribution in [-0.4, -0.2) is 24.8 Å². The molecular formula is C14H24N2O2. The highest BCUT2D eigenvalue weighted by molar-refractivity contribution is 5.25. The molecule has 0 aromatic carbocycles. The molecular weight excluding hydrogens is 228 g/mol. The van der Waals surface area contributed by atoms with E-state index in [1.807, 2.05) is 12.1 Å². The third-order valence-electron chi connectivity index (χ3n) is 2.63. The number of pyridine rings is 1. The van der Waals surface area contributed by atoms with Crippen LogP contribution < -0.4 is 10.5 Å². The van der Waals surface area contributed by atoms with Crippen molar-refractivity contribution in [2.45, 2.75) is 39.7 Å². The third kappa shape index (κ3) is 5.47. The number of aromatic nitrogens is 1. The summed E-state index contributed by atoms with van der Waals surface area (Å²) in [4.78, 5) is 4.40. The summed E-state index contributed by atoms with van der Waals surface area (Å²) in [6, 6.07) is 3.91. The lowest BCUT2D eigenvalue weighted by molar-refractivity contribution is 0.0964. The molecule has 0 radical (unpaired) electrons. The van der Waals surface area contributed by atoms with E-state index in [1.54, 1.807) is 0 Å². The monoisotopic (exact) mass is 252 g/mol. The van der Waals surface area contributed by atoms with E-state index in [9.17, 15) is 0 Å². The summed E-state index contributed by atoms with van der Waals surface area (Å²) in [5, 5.41) is 0. The maximum atomic E-state index is 5.64. The van der Waals surface area contributed by atoms with Crippen LogP contribution in [0.2, 0.25) is 0 Å². The molecule has 0 fully saturated rings. The summed E-state index contributed by atoms with van der Waals surface area (Å²) in [5.74, 6) is 0.647. The van der Waals surface area contributed by atoms with Crippen molar-refractivity contribution in [2.24, 2.45) is 5.73 Å². The molecule has 0 unspecified atom stereocenters. The Morgan fingerprint density at radius 2 is 2.00 bits per heavy atom. The molecule has 4 heteroatoms. The summed E-state index contributed by atoms with van der Waals surface area (Å²) in [7, 11) is 0. The summed E-state index contributed by atoms with van der Waals surface area (Å²) >= 11 is 0. The summed E-state index contributed by atoms with van der Waals surface area (Å²) < 4.78 is 11.0. The summed E-state index contributed by atoms with van der Waals surface area (Å²) in [5.41, 5.74) is 7.72. The van der Waals surface area contributed by atoms with Crippen LogP contribution >= 0.6 is 0 Å². The van der Waals surface area contributed by atoms with Crippen molar-refractivity contribution in [3.8, 4) is 5.88 Å². The molecule has 0 saturated carbocycles. The number of unbranched alkanes of at least 4 members (excludes halogenated alkanes) is 1. The van der Waals surface area contributed by atoms with Gasteiger partial charge in [-0.3, -0.25) is 0 Å². The van der Waals surface area contributed by atoms with E-state index < -0.39 is 0 Å². The van der Waals surface area contributed by atoms with Crippen molar-refractivity contribution in [3.63, 3.8) is 0 Å². The van der Waals surface area contributed by atoms with Crippen molar-refractivity contribution in [1.29, 1.82) is 0 Å². The molecule has 102 valence electrons. The molecule has 0 aliphatic rings. The Balaban J connectivity index is 2.36. The topological polar surface area (TPSA) is 57.4 Å². The van der Waals surface area contributed by atoms with Gasteiger partial charge in [-0.1, -0.05) is 20.3 Å². The van der Waals surface area contributed by atoms with E-state index in [-0.39, 0.29) is 0 Å². The van der Waals surface area contributed by atoms with Crippen molar-refractivity contribution in [3.05, 3.63) is 23.4 Å². The highest BCUT2D eigenvalue weighted by atomic mass is 16.5. The van der Waals surface area contributed by atoms with Gasteiger partial charge in [0.2, 0.25) is 5.88 Å². The van der Waals surface area contributed by atoms with Crippen LogP contribution in [0, 0.1) is 0 Å². The summed E-state index contributed by atoms with van der Waals surface area (Å²) in [6.07, 6.45) is 3.14. The smallest absolute Gasteiger partial charge is 0.213 e. The van der Waals surface area contributed by atoms with Gasteiger partial charge < -0.3 is 15.2 Å². The average Bonchev–Trinajstić information content (AvgIpc) is 2.42. The van der Waals surface area contributed by atoms with E-state index in [0.29, 0.717) is 25.6 Å². The highest BCUT2D eigenvalue weighted by Gasteiger charge is 2.02. The number of aryl methyl sites for hydroxylation is 1. The molecule has 0 bridgehead atoms. The van der Waals surface area contributed by atoms with Crippen molar-refractivity contribution < 1.29 is 9.47 Å². The first-order valence-corrected chi connectivity index (χ1v) is 6.70. The van der Waals surface area contributed by atoms with Gasteiger partial charge in [-0.15, -0.1) is 0 Å². The molecule has 1 aromatic heterocycles. The molecule has 18 heavy (non-hydrogen) atoms. The Morgan fingerprint density at radius 3 is 2.67 bits per heavy atom. The van der Waals surface area contributed by atoms with E-state index in [0.717, 1.165) is 37.1 Å². The Hall–Kier alpha value is -1.13. The number of hydrogen-bond acceptors (Lipinski definition) is 4. The lowest BCUT2D eigenvalue weighted by atomic mass is 10.2. The second-order valence-corrected chi connectivity index (χ2v) is 4.18. The first-order chi connectivity index (χ1) is 8.80. The fourth-order valence-electron chi connectivity index (χ4n) is 1.55. The maximum absolute atomic E-state index is 5.64. The predicted octanol–water partition coefficient (Wildman–Crippen LogP) is 2.30. The number of hydrogen-bond donors (Lipinski definition) is 1. The summed E-state index contributed by atoms with van der Waals surface area (Å²) in [6.45, 7) is 6.67. The Bertz CT molecular complexity index is 320. The van der Waals surface area contributed by atoms with E-state index in [2.05, 4.69) is 18.8 Å². The minimum absolute atomic E-state index is 0.513. The van der Waals surface area contributed by atoms with Gasteiger partial charge in [0.1, 0.15) is 6.61 Å². The quantitative estimate of drug-likeness (QED) is 0.685. The SMILES string of the molecule is CCCCOCCOc1cc(CN)cc(CC)n1. The van der Waals surface area contributed by atoms with Crippen LogP contribution in [0.4, 0.5) is 0 Å². The molecule has 2 N–H and O–H groups in total. The standard InChI is InChI=1S/C14H24N2O2/c1-3-5-6-17-7-8-18-14-10-12(11-15)9-13(4-2)16-14/h9-10H,3-8,11,15H2,1-2H3.